The number of carbonyl (C=O) groups is 1. The summed E-state index contributed by atoms with van der Waals surface area (Å²) in [5, 5.41) is 3.60. The molecule has 0 aromatic heterocycles. The zero-order valence-corrected chi connectivity index (χ0v) is 16.5. The molecule has 0 bridgehead atoms. The van der Waals surface area contributed by atoms with Crippen LogP contribution in [0, 0.1) is 23.3 Å². The first-order chi connectivity index (χ1) is 14.9. The van der Waals surface area contributed by atoms with E-state index < -0.39 is 29.0 Å². The minimum atomic E-state index is -1.60. The Bertz CT molecular complexity index is 955. The van der Waals surface area contributed by atoms with Gasteiger partial charge in [-0.15, -0.1) is 0 Å². The second-order valence-electron chi connectivity index (χ2n) is 6.41. The molecule has 1 amide bonds. The van der Waals surface area contributed by atoms with Gasteiger partial charge in [-0.3, -0.25) is 10.2 Å². The number of carbonyl (C=O) groups excluding carboxylic acids is 1. The molecule has 2 aromatic carbocycles. The van der Waals surface area contributed by atoms with Crippen LogP contribution in [0.4, 0.5) is 23.2 Å². The third kappa shape index (κ3) is 5.43. The molecule has 0 unspecified atom stereocenters. The second kappa shape index (κ2) is 10.1. The van der Waals surface area contributed by atoms with Crippen molar-refractivity contribution in [1.29, 1.82) is 0 Å². The quantitative estimate of drug-likeness (QED) is 0.310. The van der Waals surface area contributed by atoms with Crippen LogP contribution in [0.2, 0.25) is 0 Å². The molecule has 166 valence electrons. The molecule has 1 aliphatic rings. The topological polar surface area (TPSA) is 72.4 Å². The lowest BCUT2D eigenvalue weighted by atomic mass is 10.2. The van der Waals surface area contributed by atoms with Gasteiger partial charge in [0.2, 0.25) is 0 Å². The molecule has 1 aliphatic heterocycles. The van der Waals surface area contributed by atoms with Crippen molar-refractivity contribution >= 4 is 17.8 Å². The van der Waals surface area contributed by atoms with Crippen LogP contribution in [-0.4, -0.2) is 57.0 Å². The maximum Gasteiger partial charge on any atom is 0.260 e. The van der Waals surface area contributed by atoms with E-state index in [-0.39, 0.29) is 24.3 Å². The molecular formula is C20H19F4N3O4. The second-order valence-corrected chi connectivity index (χ2v) is 6.41. The Kier molecular flexibility index (Phi) is 7.29. The molecule has 11 heteroatoms. The number of morpholine rings is 1. The van der Waals surface area contributed by atoms with Crippen molar-refractivity contribution in [2.24, 2.45) is 5.10 Å². The number of nitrogens with one attached hydrogen (secondary N) is 1. The molecular weight excluding hydrogens is 422 g/mol. The summed E-state index contributed by atoms with van der Waals surface area (Å²) >= 11 is 0. The van der Waals surface area contributed by atoms with Gasteiger partial charge in [-0.25, -0.2) is 17.6 Å². The maximum absolute atomic E-state index is 13.6. The standard InChI is InChI=1S/C20H19F4N3O4/c1-29-16-8-12(10-25-26-20-18(23)13(21)9-14(22)19(20)24)2-3-15(16)31-11-17(28)27-4-6-30-7-5-27/h2-3,8-10,26H,4-7,11H2,1H3/b25-10-. The van der Waals surface area contributed by atoms with Crippen LogP contribution in [0.25, 0.3) is 0 Å². The van der Waals surface area contributed by atoms with E-state index in [9.17, 15) is 22.4 Å². The molecule has 1 heterocycles. The number of rotatable bonds is 7. The number of methoxy groups -OCH3 is 1. The number of hydrogen-bond acceptors (Lipinski definition) is 6. The molecule has 1 saturated heterocycles. The fourth-order valence-electron chi connectivity index (χ4n) is 2.77. The Balaban J connectivity index is 1.65. The van der Waals surface area contributed by atoms with E-state index in [1.165, 1.54) is 19.2 Å². The number of hydrazone groups is 1. The zero-order valence-electron chi connectivity index (χ0n) is 16.5. The highest BCUT2D eigenvalue weighted by atomic mass is 19.2. The average Bonchev–Trinajstić information content (AvgIpc) is 2.79. The summed E-state index contributed by atoms with van der Waals surface area (Å²) in [5.41, 5.74) is 1.32. The number of ether oxygens (including phenoxy) is 3. The largest absolute Gasteiger partial charge is 0.493 e. The minimum absolute atomic E-state index is 0.104. The number of halogens is 4. The van der Waals surface area contributed by atoms with Gasteiger partial charge in [0.15, 0.2) is 41.4 Å². The van der Waals surface area contributed by atoms with Crippen molar-refractivity contribution in [1.82, 2.24) is 4.90 Å². The third-order valence-electron chi connectivity index (χ3n) is 4.40. The molecule has 0 aliphatic carbocycles. The smallest absolute Gasteiger partial charge is 0.260 e. The first-order valence-corrected chi connectivity index (χ1v) is 9.19. The maximum atomic E-state index is 13.6. The average molecular weight is 441 g/mol. The van der Waals surface area contributed by atoms with Gasteiger partial charge in [0.1, 0.15) is 5.69 Å². The summed E-state index contributed by atoms with van der Waals surface area (Å²) in [4.78, 5) is 13.8. The highest BCUT2D eigenvalue weighted by Crippen LogP contribution is 2.28. The Morgan fingerprint density at radius 3 is 2.45 bits per heavy atom. The Hall–Kier alpha value is -3.34. The van der Waals surface area contributed by atoms with E-state index >= 15 is 0 Å². The van der Waals surface area contributed by atoms with E-state index in [0.717, 1.165) is 6.21 Å². The van der Waals surface area contributed by atoms with Crippen LogP contribution in [-0.2, 0) is 9.53 Å². The van der Waals surface area contributed by atoms with Gasteiger partial charge in [-0.2, -0.15) is 5.10 Å². The fourth-order valence-corrected chi connectivity index (χ4v) is 2.77. The number of anilines is 1. The van der Waals surface area contributed by atoms with Crippen molar-refractivity contribution in [3.63, 3.8) is 0 Å². The van der Waals surface area contributed by atoms with Crippen LogP contribution < -0.4 is 14.9 Å². The number of benzene rings is 2. The number of amides is 1. The van der Waals surface area contributed by atoms with Crippen LogP contribution in [0.15, 0.2) is 29.4 Å². The highest BCUT2D eigenvalue weighted by molar-refractivity contribution is 5.82. The van der Waals surface area contributed by atoms with Gasteiger partial charge >= 0.3 is 0 Å². The molecule has 0 saturated carbocycles. The Morgan fingerprint density at radius 2 is 1.81 bits per heavy atom. The van der Waals surface area contributed by atoms with Gasteiger partial charge in [0, 0.05) is 19.2 Å². The number of hydrogen-bond donors (Lipinski definition) is 1. The van der Waals surface area contributed by atoms with Crippen LogP contribution in [0.3, 0.4) is 0 Å². The van der Waals surface area contributed by atoms with E-state index in [1.54, 1.807) is 11.0 Å². The normalized spacial score (nSPS) is 14.0. The molecule has 1 fully saturated rings. The first-order valence-electron chi connectivity index (χ1n) is 9.19. The van der Waals surface area contributed by atoms with Crippen molar-refractivity contribution in [2.75, 3.05) is 45.4 Å². The molecule has 1 N–H and O–H groups in total. The SMILES string of the molecule is COc1cc(/C=N\Nc2c(F)c(F)cc(F)c2F)ccc1OCC(=O)N1CCOCC1. The van der Waals surface area contributed by atoms with E-state index in [0.29, 0.717) is 37.6 Å². The van der Waals surface area contributed by atoms with E-state index in [2.05, 4.69) is 5.10 Å². The van der Waals surface area contributed by atoms with Crippen molar-refractivity contribution in [3.05, 3.63) is 53.1 Å². The fraction of sp³-hybridized carbons (Fsp3) is 0.300. The van der Waals surface area contributed by atoms with Gasteiger partial charge in [-0.1, -0.05) is 0 Å². The van der Waals surface area contributed by atoms with Crippen molar-refractivity contribution in [3.8, 4) is 11.5 Å². The summed E-state index contributed by atoms with van der Waals surface area (Å²) in [6.45, 7) is 1.77. The lowest BCUT2D eigenvalue weighted by molar-refractivity contribution is -0.137. The molecule has 3 rings (SSSR count). The molecule has 31 heavy (non-hydrogen) atoms. The summed E-state index contributed by atoms with van der Waals surface area (Å²) in [6.07, 6.45) is 1.16. The molecule has 0 spiro atoms. The van der Waals surface area contributed by atoms with Crippen molar-refractivity contribution in [2.45, 2.75) is 0 Å². The molecule has 0 radical (unpaired) electrons. The van der Waals surface area contributed by atoms with Crippen LogP contribution >= 0.6 is 0 Å². The van der Waals surface area contributed by atoms with Gasteiger partial charge in [0.25, 0.3) is 5.91 Å². The predicted molar refractivity (Wildman–Crippen MR) is 103 cm³/mol. The first kappa shape index (κ1) is 22.3. The van der Waals surface area contributed by atoms with Gasteiger partial charge in [-0.05, 0) is 23.8 Å². The lowest BCUT2D eigenvalue weighted by Gasteiger charge is -2.26. The van der Waals surface area contributed by atoms with Crippen LogP contribution in [0.1, 0.15) is 5.56 Å². The highest BCUT2D eigenvalue weighted by Gasteiger charge is 2.19. The Labute approximate surface area is 175 Å². The monoisotopic (exact) mass is 441 g/mol. The third-order valence-corrected chi connectivity index (χ3v) is 4.40. The molecule has 2 aromatic rings. The summed E-state index contributed by atoms with van der Waals surface area (Å²) in [5.74, 6) is -5.89. The summed E-state index contributed by atoms with van der Waals surface area (Å²) in [6, 6.07) is 4.67. The van der Waals surface area contributed by atoms with E-state index in [4.69, 9.17) is 14.2 Å². The van der Waals surface area contributed by atoms with Crippen LogP contribution in [0.5, 0.6) is 11.5 Å². The molecule has 0 atom stereocenters. The van der Waals surface area contributed by atoms with Crippen molar-refractivity contribution < 1.29 is 36.6 Å². The van der Waals surface area contributed by atoms with Gasteiger partial charge in [0.05, 0.1) is 26.5 Å². The minimum Gasteiger partial charge on any atom is -0.493 e. The summed E-state index contributed by atoms with van der Waals surface area (Å²) < 4.78 is 69.7. The Morgan fingerprint density at radius 1 is 1.13 bits per heavy atom. The van der Waals surface area contributed by atoms with E-state index in [1.807, 2.05) is 5.43 Å². The molecule has 7 nitrogen and oxygen atoms in total. The zero-order chi connectivity index (χ0) is 22.4. The predicted octanol–water partition coefficient (Wildman–Crippen LogP) is 2.94. The number of nitrogens with zero attached hydrogens (tertiary/aromatic N) is 2. The van der Waals surface area contributed by atoms with Gasteiger partial charge < -0.3 is 19.1 Å². The lowest BCUT2D eigenvalue weighted by Crippen LogP contribution is -2.43. The summed E-state index contributed by atoms with van der Waals surface area (Å²) in [7, 11) is 1.39.